The molecule has 1 aromatic carbocycles. The molecular weight excluding hydrogens is 519 g/mol. The quantitative estimate of drug-likeness (QED) is 0.301. The van der Waals surface area contributed by atoms with Crippen LogP contribution in [0.3, 0.4) is 0 Å². The third-order valence-electron chi connectivity index (χ3n) is 6.18. The summed E-state index contributed by atoms with van der Waals surface area (Å²) in [5, 5.41) is 6.94. The van der Waals surface area contributed by atoms with E-state index in [2.05, 4.69) is 21.7 Å². The number of rotatable bonds is 7. The fourth-order valence-corrected chi connectivity index (χ4v) is 4.34. The van der Waals surface area contributed by atoms with Crippen LogP contribution in [0.15, 0.2) is 23.2 Å². The average Bonchev–Trinajstić information content (AvgIpc) is 3.30. The molecule has 1 heterocycles. The Morgan fingerprint density at radius 1 is 1.19 bits per heavy atom. The number of nitrogens with one attached hydrogen (secondary N) is 2. The van der Waals surface area contributed by atoms with Crippen LogP contribution in [-0.2, 0) is 11.3 Å². The molecule has 180 valence electrons. The minimum Gasteiger partial charge on any atom is -0.493 e. The van der Waals surface area contributed by atoms with Gasteiger partial charge in [-0.05, 0) is 44.6 Å². The normalized spacial score (nSPS) is 17.8. The Labute approximate surface area is 209 Å². The van der Waals surface area contributed by atoms with E-state index in [0.29, 0.717) is 12.6 Å². The van der Waals surface area contributed by atoms with Crippen LogP contribution in [0.4, 0.5) is 0 Å². The van der Waals surface area contributed by atoms with E-state index in [9.17, 15) is 4.79 Å². The van der Waals surface area contributed by atoms with Gasteiger partial charge >= 0.3 is 0 Å². The van der Waals surface area contributed by atoms with Crippen LogP contribution >= 0.6 is 24.0 Å². The fraction of sp³-hybridized carbons (Fsp3) is 0.667. The molecule has 8 heteroatoms. The monoisotopic (exact) mass is 558 g/mol. The van der Waals surface area contributed by atoms with Crippen LogP contribution in [0.2, 0.25) is 0 Å². The van der Waals surface area contributed by atoms with E-state index in [4.69, 9.17) is 9.47 Å². The maximum Gasteiger partial charge on any atom is 0.225 e. The Kier molecular flexibility index (Phi) is 10.9. The lowest BCUT2D eigenvalue weighted by Gasteiger charge is -2.34. The first-order valence-electron chi connectivity index (χ1n) is 11.6. The van der Waals surface area contributed by atoms with Gasteiger partial charge in [0.25, 0.3) is 0 Å². The Morgan fingerprint density at radius 3 is 2.47 bits per heavy atom. The van der Waals surface area contributed by atoms with Crippen molar-refractivity contribution in [1.82, 2.24) is 15.5 Å². The second kappa shape index (κ2) is 13.1. The molecule has 3 rings (SSSR count). The number of carbonyl (C=O) groups is 1. The molecule has 0 bridgehead atoms. The molecule has 0 atom stereocenters. The Morgan fingerprint density at radius 2 is 1.88 bits per heavy atom. The number of aliphatic imine (C=N–C) groups is 1. The number of methoxy groups -OCH3 is 1. The van der Waals surface area contributed by atoms with E-state index in [1.165, 1.54) is 12.8 Å². The maximum atomic E-state index is 12.2. The highest BCUT2D eigenvalue weighted by atomic mass is 127. The Balaban J connectivity index is 0.00000363. The van der Waals surface area contributed by atoms with Crippen molar-refractivity contribution in [2.24, 2.45) is 10.9 Å². The standard InChI is InChI=1S/C24H38N4O3.HI/c1-17(2)23(29)28-14-12-19(13-15-28)27-24(25-3)26-16-18-8-7-11-21(30-4)22(18)31-20-9-5-6-10-20;/h7-8,11,17,19-20H,5-6,9-10,12-16H2,1-4H3,(H2,25,26,27);1H. The van der Waals surface area contributed by atoms with E-state index in [-0.39, 0.29) is 41.9 Å². The van der Waals surface area contributed by atoms with E-state index >= 15 is 0 Å². The van der Waals surface area contributed by atoms with Crippen molar-refractivity contribution in [1.29, 1.82) is 0 Å². The van der Waals surface area contributed by atoms with Crippen molar-refractivity contribution in [3.05, 3.63) is 23.8 Å². The molecule has 1 saturated heterocycles. The van der Waals surface area contributed by atoms with Crippen LogP contribution < -0.4 is 20.1 Å². The number of likely N-dealkylation sites (tertiary alicyclic amines) is 1. The van der Waals surface area contributed by atoms with Crippen LogP contribution in [-0.4, -0.2) is 56.2 Å². The van der Waals surface area contributed by atoms with Crippen LogP contribution in [0.1, 0.15) is 57.9 Å². The molecule has 0 radical (unpaired) electrons. The number of ether oxygens (including phenoxy) is 2. The van der Waals surface area contributed by atoms with Gasteiger partial charge in [-0.1, -0.05) is 26.0 Å². The van der Waals surface area contributed by atoms with Crippen molar-refractivity contribution < 1.29 is 14.3 Å². The summed E-state index contributed by atoms with van der Waals surface area (Å²) in [5.41, 5.74) is 1.06. The van der Waals surface area contributed by atoms with E-state index in [1.54, 1.807) is 14.2 Å². The number of amides is 1. The van der Waals surface area contributed by atoms with Gasteiger partial charge in [-0.15, -0.1) is 24.0 Å². The SMILES string of the molecule is CN=C(NCc1cccc(OC)c1OC1CCCC1)NC1CCN(C(=O)C(C)C)CC1.I. The summed E-state index contributed by atoms with van der Waals surface area (Å²) >= 11 is 0. The van der Waals surface area contributed by atoms with Gasteiger partial charge in [0.15, 0.2) is 17.5 Å². The molecule has 2 aliphatic rings. The zero-order valence-electron chi connectivity index (χ0n) is 19.9. The third kappa shape index (κ3) is 7.15. The second-order valence-electron chi connectivity index (χ2n) is 8.80. The van der Waals surface area contributed by atoms with Crippen molar-refractivity contribution in [3.8, 4) is 11.5 Å². The summed E-state index contributed by atoms with van der Waals surface area (Å²) < 4.78 is 11.9. The van der Waals surface area contributed by atoms with Crippen LogP contribution in [0.25, 0.3) is 0 Å². The number of guanidine groups is 1. The van der Waals surface area contributed by atoms with E-state index in [1.807, 2.05) is 30.9 Å². The van der Waals surface area contributed by atoms with Gasteiger partial charge in [0, 0.05) is 44.2 Å². The molecule has 1 aliphatic heterocycles. The van der Waals surface area contributed by atoms with Crippen LogP contribution in [0.5, 0.6) is 11.5 Å². The highest BCUT2D eigenvalue weighted by Gasteiger charge is 2.25. The number of nitrogens with zero attached hydrogens (tertiary/aromatic N) is 2. The van der Waals surface area contributed by atoms with Gasteiger partial charge in [0.2, 0.25) is 5.91 Å². The summed E-state index contributed by atoms with van der Waals surface area (Å²) in [6.07, 6.45) is 6.78. The number of carbonyl (C=O) groups excluding carboxylic acids is 1. The summed E-state index contributed by atoms with van der Waals surface area (Å²) in [6.45, 7) is 6.11. The van der Waals surface area contributed by atoms with Crippen LogP contribution in [0, 0.1) is 5.92 Å². The van der Waals surface area contributed by atoms with E-state index in [0.717, 1.165) is 61.8 Å². The number of piperidine rings is 1. The minimum absolute atomic E-state index is 0. The Bertz CT molecular complexity index is 758. The van der Waals surface area contributed by atoms with Crippen molar-refractivity contribution in [2.75, 3.05) is 27.2 Å². The lowest BCUT2D eigenvalue weighted by molar-refractivity contribution is -0.135. The molecule has 1 saturated carbocycles. The molecule has 32 heavy (non-hydrogen) atoms. The zero-order valence-corrected chi connectivity index (χ0v) is 22.2. The number of halogens is 1. The van der Waals surface area contributed by atoms with Gasteiger partial charge < -0.3 is 25.0 Å². The number of benzene rings is 1. The highest BCUT2D eigenvalue weighted by molar-refractivity contribution is 14.0. The van der Waals surface area contributed by atoms with Crippen molar-refractivity contribution >= 4 is 35.8 Å². The van der Waals surface area contributed by atoms with Crippen molar-refractivity contribution in [3.63, 3.8) is 0 Å². The average molecular weight is 559 g/mol. The number of hydrogen-bond acceptors (Lipinski definition) is 4. The Hall–Kier alpha value is -1.71. The second-order valence-corrected chi connectivity index (χ2v) is 8.80. The molecule has 1 aromatic rings. The van der Waals surface area contributed by atoms with Gasteiger partial charge in [-0.25, -0.2) is 0 Å². The molecule has 2 fully saturated rings. The number of hydrogen-bond donors (Lipinski definition) is 2. The fourth-order valence-electron chi connectivity index (χ4n) is 4.34. The van der Waals surface area contributed by atoms with Gasteiger partial charge in [-0.3, -0.25) is 9.79 Å². The summed E-state index contributed by atoms with van der Waals surface area (Å²) in [7, 11) is 3.47. The molecular formula is C24H39IN4O3. The molecule has 0 spiro atoms. The smallest absolute Gasteiger partial charge is 0.225 e. The molecule has 1 amide bonds. The lowest BCUT2D eigenvalue weighted by Crippen LogP contribution is -2.50. The minimum atomic E-state index is 0. The summed E-state index contributed by atoms with van der Waals surface area (Å²) in [4.78, 5) is 18.6. The van der Waals surface area contributed by atoms with Gasteiger partial charge in [0.1, 0.15) is 0 Å². The predicted molar refractivity (Wildman–Crippen MR) is 139 cm³/mol. The first kappa shape index (κ1) is 26.5. The highest BCUT2D eigenvalue weighted by Crippen LogP contribution is 2.34. The van der Waals surface area contributed by atoms with Gasteiger partial charge in [-0.2, -0.15) is 0 Å². The lowest BCUT2D eigenvalue weighted by atomic mass is 10.0. The molecule has 2 N–H and O–H groups in total. The van der Waals surface area contributed by atoms with E-state index < -0.39 is 0 Å². The first-order valence-corrected chi connectivity index (χ1v) is 11.6. The maximum absolute atomic E-state index is 12.2. The molecule has 0 unspecified atom stereocenters. The predicted octanol–water partition coefficient (Wildman–Crippen LogP) is 3.95. The first-order chi connectivity index (χ1) is 15.0. The third-order valence-corrected chi connectivity index (χ3v) is 6.18. The number of para-hydroxylation sites is 1. The molecule has 0 aromatic heterocycles. The largest absolute Gasteiger partial charge is 0.493 e. The summed E-state index contributed by atoms with van der Waals surface area (Å²) in [5.74, 6) is 2.68. The molecule has 1 aliphatic carbocycles. The van der Waals surface area contributed by atoms with Gasteiger partial charge in [0.05, 0.1) is 13.2 Å². The zero-order chi connectivity index (χ0) is 22.2. The summed E-state index contributed by atoms with van der Waals surface area (Å²) in [6, 6.07) is 6.33. The topological polar surface area (TPSA) is 75.2 Å². The molecule has 7 nitrogen and oxygen atoms in total. The van der Waals surface area contributed by atoms with Crippen molar-refractivity contribution in [2.45, 2.75) is 71.1 Å².